The highest BCUT2D eigenvalue weighted by Gasteiger charge is 2.53. The molecule has 1 atom stereocenters. The van der Waals surface area contributed by atoms with Gasteiger partial charge in [-0.05, 0) is 48.2 Å². The van der Waals surface area contributed by atoms with Crippen molar-refractivity contribution in [2.24, 2.45) is 7.05 Å². The largest absolute Gasteiger partial charge is 0.313 e. The van der Waals surface area contributed by atoms with Gasteiger partial charge in [0.15, 0.2) is 0 Å². The minimum absolute atomic E-state index is 0.376. The first-order valence-corrected chi connectivity index (χ1v) is 6.45. The molecular formula is C11H16BrN3. The van der Waals surface area contributed by atoms with E-state index in [1.165, 1.54) is 42.4 Å². The van der Waals surface area contributed by atoms with E-state index in [-0.39, 0.29) is 0 Å². The minimum Gasteiger partial charge on any atom is -0.313 e. The van der Waals surface area contributed by atoms with Crippen LogP contribution in [0.3, 0.4) is 0 Å². The second kappa shape index (κ2) is 3.32. The molecule has 82 valence electrons. The van der Waals surface area contributed by atoms with Crippen LogP contribution in [-0.2, 0) is 12.5 Å². The zero-order chi connectivity index (χ0) is 10.5. The van der Waals surface area contributed by atoms with Gasteiger partial charge in [-0.15, -0.1) is 0 Å². The average Bonchev–Trinajstić information content (AvgIpc) is 2.70. The van der Waals surface area contributed by atoms with E-state index in [1.54, 1.807) is 0 Å². The number of rotatable bonds is 2. The third-order valence-corrected chi connectivity index (χ3v) is 4.46. The van der Waals surface area contributed by atoms with E-state index in [4.69, 9.17) is 0 Å². The fraction of sp³-hybridized carbons (Fsp3) is 0.727. The lowest BCUT2D eigenvalue weighted by Crippen LogP contribution is -2.36. The van der Waals surface area contributed by atoms with Crippen molar-refractivity contribution in [3.8, 4) is 0 Å². The molecule has 1 aliphatic carbocycles. The molecule has 3 nitrogen and oxygen atoms in total. The molecule has 2 aliphatic rings. The van der Waals surface area contributed by atoms with Gasteiger partial charge < -0.3 is 5.32 Å². The molecule has 0 spiro atoms. The lowest BCUT2D eigenvalue weighted by atomic mass is 9.91. The monoisotopic (exact) mass is 269 g/mol. The molecule has 0 aromatic carbocycles. The molecule has 4 heteroatoms. The first-order valence-electron chi connectivity index (χ1n) is 5.65. The average molecular weight is 270 g/mol. The SMILES string of the molecule is Cn1ncc(Br)c1C1(C2CCCN2)CC1. The highest BCUT2D eigenvalue weighted by molar-refractivity contribution is 9.10. The van der Waals surface area contributed by atoms with Crippen molar-refractivity contribution in [2.45, 2.75) is 37.1 Å². The Morgan fingerprint density at radius 2 is 2.40 bits per heavy atom. The van der Waals surface area contributed by atoms with E-state index in [0.717, 1.165) is 0 Å². The van der Waals surface area contributed by atoms with Gasteiger partial charge in [0.2, 0.25) is 0 Å². The van der Waals surface area contributed by atoms with E-state index in [9.17, 15) is 0 Å². The maximum atomic E-state index is 4.34. The van der Waals surface area contributed by atoms with Gasteiger partial charge in [0.05, 0.1) is 16.4 Å². The zero-order valence-electron chi connectivity index (χ0n) is 8.96. The Hall–Kier alpha value is -0.350. The summed E-state index contributed by atoms with van der Waals surface area (Å²) in [5, 5.41) is 7.98. The number of hydrogen-bond acceptors (Lipinski definition) is 2. The number of hydrogen-bond donors (Lipinski definition) is 1. The van der Waals surface area contributed by atoms with Gasteiger partial charge in [-0.3, -0.25) is 4.68 Å². The van der Waals surface area contributed by atoms with Crippen LogP contribution in [0.5, 0.6) is 0 Å². The standard InChI is InChI=1S/C11H16BrN3/c1-15-10(8(12)7-14-15)11(4-5-11)9-3-2-6-13-9/h7,9,13H,2-6H2,1H3. The maximum Gasteiger partial charge on any atom is 0.0635 e. The molecule has 0 bridgehead atoms. The fourth-order valence-corrected chi connectivity index (χ4v) is 3.75. The van der Waals surface area contributed by atoms with Crippen molar-refractivity contribution in [3.05, 3.63) is 16.4 Å². The minimum atomic E-state index is 0.376. The third-order valence-electron chi connectivity index (χ3n) is 3.88. The molecule has 3 rings (SSSR count). The second-order valence-corrected chi connectivity index (χ2v) is 5.62. The highest BCUT2D eigenvalue weighted by atomic mass is 79.9. The van der Waals surface area contributed by atoms with Gasteiger partial charge in [-0.1, -0.05) is 0 Å². The summed E-state index contributed by atoms with van der Waals surface area (Å²) in [7, 11) is 2.05. The van der Waals surface area contributed by atoms with Crippen LogP contribution < -0.4 is 5.32 Å². The topological polar surface area (TPSA) is 29.9 Å². The molecule has 1 unspecified atom stereocenters. The van der Waals surface area contributed by atoms with Gasteiger partial charge >= 0.3 is 0 Å². The molecule has 1 saturated carbocycles. The van der Waals surface area contributed by atoms with Crippen LogP contribution in [0.15, 0.2) is 10.7 Å². The number of nitrogens with one attached hydrogen (secondary N) is 1. The third kappa shape index (κ3) is 1.38. The van der Waals surface area contributed by atoms with Gasteiger partial charge in [0.1, 0.15) is 0 Å². The molecule has 1 N–H and O–H groups in total. The summed E-state index contributed by atoms with van der Waals surface area (Å²) in [4.78, 5) is 0. The Bertz CT molecular complexity index is 356. The Kier molecular flexibility index (Phi) is 2.18. The fourth-order valence-electron chi connectivity index (χ4n) is 3.01. The van der Waals surface area contributed by atoms with Crippen LogP contribution in [0.4, 0.5) is 0 Å². The first kappa shape index (κ1) is 9.85. The lowest BCUT2D eigenvalue weighted by Gasteiger charge is -2.24. The lowest BCUT2D eigenvalue weighted by molar-refractivity contribution is 0.444. The summed E-state index contributed by atoms with van der Waals surface area (Å²) in [6.07, 6.45) is 7.18. The zero-order valence-corrected chi connectivity index (χ0v) is 10.5. The van der Waals surface area contributed by atoms with Crippen molar-refractivity contribution >= 4 is 15.9 Å². The van der Waals surface area contributed by atoms with Gasteiger partial charge in [0, 0.05) is 18.5 Å². The molecule has 2 fully saturated rings. The summed E-state index contributed by atoms with van der Waals surface area (Å²) in [5.74, 6) is 0. The van der Waals surface area contributed by atoms with E-state index in [0.29, 0.717) is 11.5 Å². The van der Waals surface area contributed by atoms with Crippen molar-refractivity contribution < 1.29 is 0 Å². The molecule has 0 radical (unpaired) electrons. The van der Waals surface area contributed by atoms with Crippen molar-refractivity contribution in [3.63, 3.8) is 0 Å². The molecule has 1 aromatic rings. The number of nitrogens with zero attached hydrogens (tertiary/aromatic N) is 2. The Balaban J connectivity index is 1.98. The summed E-state index contributed by atoms with van der Waals surface area (Å²) in [6.45, 7) is 1.18. The smallest absolute Gasteiger partial charge is 0.0635 e. The summed E-state index contributed by atoms with van der Waals surface area (Å²) in [6, 6.07) is 0.671. The van der Waals surface area contributed by atoms with Crippen molar-refractivity contribution in [1.82, 2.24) is 15.1 Å². The van der Waals surface area contributed by atoms with Crippen LogP contribution >= 0.6 is 15.9 Å². The van der Waals surface area contributed by atoms with Gasteiger partial charge in [0.25, 0.3) is 0 Å². The maximum absolute atomic E-state index is 4.34. The normalized spacial score (nSPS) is 28.3. The van der Waals surface area contributed by atoms with E-state index in [2.05, 4.69) is 33.4 Å². The Morgan fingerprint density at radius 3 is 2.87 bits per heavy atom. The van der Waals surface area contributed by atoms with Crippen LogP contribution in [0.25, 0.3) is 0 Å². The summed E-state index contributed by atoms with van der Waals surface area (Å²) < 4.78 is 3.22. The molecule has 2 heterocycles. The number of aryl methyl sites for hydroxylation is 1. The number of aromatic nitrogens is 2. The second-order valence-electron chi connectivity index (χ2n) is 4.77. The Labute approximate surface area is 98.4 Å². The molecule has 15 heavy (non-hydrogen) atoms. The first-order chi connectivity index (χ1) is 7.24. The van der Waals surface area contributed by atoms with E-state index in [1.807, 2.05) is 10.9 Å². The van der Waals surface area contributed by atoms with Crippen LogP contribution in [-0.4, -0.2) is 22.4 Å². The summed E-state index contributed by atoms with van der Waals surface area (Å²) in [5.41, 5.74) is 1.77. The molecular weight excluding hydrogens is 254 g/mol. The van der Waals surface area contributed by atoms with E-state index >= 15 is 0 Å². The van der Waals surface area contributed by atoms with Crippen LogP contribution in [0, 0.1) is 0 Å². The molecule has 0 amide bonds. The molecule has 1 aromatic heterocycles. The van der Waals surface area contributed by atoms with Gasteiger partial charge in [-0.2, -0.15) is 5.10 Å². The highest BCUT2D eigenvalue weighted by Crippen LogP contribution is 2.54. The predicted molar refractivity (Wildman–Crippen MR) is 62.8 cm³/mol. The van der Waals surface area contributed by atoms with Crippen molar-refractivity contribution in [1.29, 1.82) is 0 Å². The van der Waals surface area contributed by atoms with Crippen LogP contribution in [0.2, 0.25) is 0 Å². The predicted octanol–water partition coefficient (Wildman–Crippen LogP) is 1.97. The van der Waals surface area contributed by atoms with Crippen LogP contribution in [0.1, 0.15) is 31.4 Å². The van der Waals surface area contributed by atoms with Gasteiger partial charge in [-0.25, -0.2) is 0 Å². The molecule has 1 saturated heterocycles. The number of halogens is 1. The van der Waals surface area contributed by atoms with E-state index < -0.39 is 0 Å². The quantitative estimate of drug-likeness (QED) is 0.890. The Morgan fingerprint density at radius 1 is 1.60 bits per heavy atom. The van der Waals surface area contributed by atoms with Crippen molar-refractivity contribution in [2.75, 3.05) is 6.54 Å². The summed E-state index contributed by atoms with van der Waals surface area (Å²) >= 11 is 3.63. The molecule has 1 aliphatic heterocycles.